The topological polar surface area (TPSA) is 60.4 Å². The minimum absolute atomic E-state index is 0.00870. The van der Waals surface area contributed by atoms with Crippen molar-refractivity contribution in [3.8, 4) is 0 Å². The molecule has 0 spiro atoms. The number of hydrogen-bond donors (Lipinski definition) is 1. The Hall–Kier alpha value is -0.680. The Kier molecular flexibility index (Phi) is 2.51. The van der Waals surface area contributed by atoms with Gasteiger partial charge in [-0.25, -0.2) is 8.42 Å². The molecule has 0 saturated heterocycles. The third-order valence-corrected chi connectivity index (χ3v) is 4.87. The number of allylic oxidation sites excluding steroid dienone is 1. The highest BCUT2D eigenvalue weighted by Gasteiger charge is 2.66. The van der Waals surface area contributed by atoms with Gasteiger partial charge in [-0.3, -0.25) is 8.98 Å². The zero-order chi connectivity index (χ0) is 12.1. The summed E-state index contributed by atoms with van der Waals surface area (Å²) >= 11 is 0. The summed E-state index contributed by atoms with van der Waals surface area (Å²) in [6.07, 6.45) is 1.60. The van der Waals surface area contributed by atoms with E-state index in [4.69, 9.17) is 4.18 Å². The third kappa shape index (κ3) is 1.24. The molecule has 2 rings (SSSR count). The van der Waals surface area contributed by atoms with Crippen LogP contribution < -0.4 is 0 Å². The average Bonchev–Trinajstić information content (AvgIpc) is 2.51. The highest BCUT2D eigenvalue weighted by Crippen LogP contribution is 2.65. The molecule has 5 heteroatoms. The van der Waals surface area contributed by atoms with Crippen molar-refractivity contribution in [3.05, 3.63) is 12.2 Å². The number of carbonyl (C=O) groups excluding carboxylic acids is 1. The third-order valence-electron chi connectivity index (χ3n) is 4.53. The lowest BCUT2D eigenvalue weighted by molar-refractivity contribution is -0.128. The molecule has 0 aromatic rings. The maximum absolute atomic E-state index is 12.1. The molecule has 2 saturated carbocycles. The van der Waals surface area contributed by atoms with E-state index in [9.17, 15) is 13.2 Å². The van der Waals surface area contributed by atoms with Gasteiger partial charge in [0.25, 0.3) is 11.0 Å². The number of fused-ring (bicyclic) bond motifs is 2. The molecule has 2 aliphatic carbocycles. The fourth-order valence-corrected chi connectivity index (χ4v) is 3.70. The van der Waals surface area contributed by atoms with Gasteiger partial charge < -0.3 is 0 Å². The van der Waals surface area contributed by atoms with Gasteiger partial charge >= 0.3 is 0 Å². The van der Waals surface area contributed by atoms with Crippen LogP contribution >= 0.6 is 0 Å². The van der Waals surface area contributed by atoms with E-state index in [1.54, 1.807) is 0 Å². The fourth-order valence-electron chi connectivity index (χ4n) is 3.38. The lowest BCUT2D eigenvalue weighted by Crippen LogP contribution is -2.40. The first kappa shape index (κ1) is 11.8. The van der Waals surface area contributed by atoms with Crippen LogP contribution in [0, 0.1) is 16.7 Å². The second kappa shape index (κ2) is 3.40. The van der Waals surface area contributed by atoms with Crippen LogP contribution in [0.1, 0.15) is 26.7 Å². The van der Waals surface area contributed by atoms with Crippen molar-refractivity contribution in [2.24, 2.45) is 16.7 Å². The molecule has 0 aromatic heterocycles. The second-order valence-electron chi connectivity index (χ2n) is 5.25. The maximum Gasteiger partial charge on any atom is 0.257 e. The molecule has 2 unspecified atom stereocenters. The minimum atomic E-state index is -2.89. The Bertz CT molecular complexity index is 427. The average molecular weight is 244 g/mol. The number of thiol groups is 1. The van der Waals surface area contributed by atoms with Crippen LogP contribution in [-0.2, 0) is 20.0 Å². The van der Waals surface area contributed by atoms with E-state index in [1.807, 2.05) is 13.8 Å². The fraction of sp³-hybridized carbons (Fsp3) is 0.727. The summed E-state index contributed by atoms with van der Waals surface area (Å²) in [5.41, 5.74) is -0.280. The Morgan fingerprint density at radius 3 is 2.56 bits per heavy atom. The van der Waals surface area contributed by atoms with Crippen molar-refractivity contribution in [2.45, 2.75) is 26.7 Å². The van der Waals surface area contributed by atoms with Gasteiger partial charge in [-0.05, 0) is 29.7 Å². The summed E-state index contributed by atoms with van der Waals surface area (Å²) < 4.78 is 25.7. The Morgan fingerprint density at radius 1 is 1.50 bits per heavy atom. The molecule has 16 heavy (non-hydrogen) atoms. The van der Waals surface area contributed by atoms with E-state index in [0.717, 1.165) is 6.42 Å². The Balaban J connectivity index is 2.37. The van der Waals surface area contributed by atoms with E-state index >= 15 is 0 Å². The van der Waals surface area contributed by atoms with Gasteiger partial charge in [0.15, 0.2) is 5.78 Å². The molecule has 0 amide bonds. The highest BCUT2D eigenvalue weighted by atomic mass is 32.2. The van der Waals surface area contributed by atoms with Gasteiger partial charge in [-0.1, -0.05) is 20.4 Å². The van der Waals surface area contributed by atoms with Crippen LogP contribution in [0.3, 0.4) is 0 Å². The number of hydrogen-bond acceptors (Lipinski definition) is 4. The number of rotatable bonds is 3. The van der Waals surface area contributed by atoms with Crippen molar-refractivity contribution in [3.63, 3.8) is 0 Å². The van der Waals surface area contributed by atoms with Crippen molar-refractivity contribution < 1.29 is 17.4 Å². The summed E-state index contributed by atoms with van der Waals surface area (Å²) in [6, 6.07) is 0. The quantitative estimate of drug-likeness (QED) is 0.596. The highest BCUT2D eigenvalue weighted by molar-refractivity contribution is 7.67. The molecule has 2 bridgehead atoms. The molecular formula is C11H16O4S. The predicted octanol–water partition coefficient (Wildman–Crippen LogP) is 1.09. The van der Waals surface area contributed by atoms with Crippen LogP contribution in [0.15, 0.2) is 12.2 Å². The number of carbonyl (C=O) groups is 1. The van der Waals surface area contributed by atoms with Crippen molar-refractivity contribution in [1.29, 1.82) is 0 Å². The number of ketones is 1. The first-order valence-electron chi connectivity index (χ1n) is 5.34. The number of Topliss-reactive ketones (excluding diaryl/α,β-unsaturated/α-hetero) is 1. The SMILES string of the molecule is C=C1C(=O)C2(CO[SH](=O)=O)CCC1C2(C)C. The molecule has 90 valence electrons. The van der Waals surface area contributed by atoms with Gasteiger partial charge in [0.1, 0.15) is 0 Å². The summed E-state index contributed by atoms with van der Waals surface area (Å²) in [5.74, 6) is 0.165. The molecule has 0 aliphatic heterocycles. The van der Waals surface area contributed by atoms with Crippen molar-refractivity contribution >= 4 is 16.8 Å². The van der Waals surface area contributed by atoms with Gasteiger partial charge in [-0.15, -0.1) is 0 Å². The molecule has 0 radical (unpaired) electrons. The van der Waals surface area contributed by atoms with Crippen LogP contribution in [0.5, 0.6) is 0 Å². The van der Waals surface area contributed by atoms with Crippen LogP contribution in [-0.4, -0.2) is 20.8 Å². The molecular weight excluding hydrogens is 228 g/mol. The largest absolute Gasteiger partial charge is 0.294 e. The Morgan fingerprint density at radius 2 is 2.12 bits per heavy atom. The summed E-state index contributed by atoms with van der Waals surface area (Å²) in [6.45, 7) is 7.80. The Labute approximate surface area is 96.8 Å². The molecule has 2 aliphatic rings. The molecule has 2 atom stereocenters. The van der Waals surface area contributed by atoms with E-state index in [1.165, 1.54) is 0 Å². The van der Waals surface area contributed by atoms with Crippen LogP contribution in [0.25, 0.3) is 0 Å². The molecule has 0 heterocycles. The van der Waals surface area contributed by atoms with Gasteiger partial charge in [0, 0.05) is 0 Å². The summed E-state index contributed by atoms with van der Waals surface area (Å²) in [7, 11) is -2.89. The maximum atomic E-state index is 12.1. The first-order chi connectivity index (χ1) is 7.33. The lowest BCUT2D eigenvalue weighted by atomic mass is 9.69. The van der Waals surface area contributed by atoms with Crippen molar-refractivity contribution in [1.82, 2.24) is 0 Å². The standard InChI is InChI=1S/C11H16O4S/c1-7-8-4-5-11(9(7)12,10(8,2)3)6-15-16(13)14/h8,16H,1,4-6H2,2-3H3. The zero-order valence-electron chi connectivity index (χ0n) is 9.49. The van der Waals surface area contributed by atoms with Crippen LogP contribution in [0.2, 0.25) is 0 Å². The smallest absolute Gasteiger partial charge is 0.257 e. The van der Waals surface area contributed by atoms with E-state index in [-0.39, 0.29) is 23.7 Å². The first-order valence-corrected chi connectivity index (χ1v) is 6.43. The van der Waals surface area contributed by atoms with Crippen molar-refractivity contribution in [2.75, 3.05) is 6.61 Å². The minimum Gasteiger partial charge on any atom is -0.294 e. The second-order valence-corrected chi connectivity index (χ2v) is 5.95. The molecule has 0 N–H and O–H groups in total. The molecule has 2 fully saturated rings. The van der Waals surface area contributed by atoms with Gasteiger partial charge in [-0.2, -0.15) is 0 Å². The van der Waals surface area contributed by atoms with Crippen LogP contribution in [0.4, 0.5) is 0 Å². The van der Waals surface area contributed by atoms with Gasteiger partial charge in [0.2, 0.25) is 0 Å². The summed E-state index contributed by atoms with van der Waals surface area (Å²) in [4.78, 5) is 12.1. The summed E-state index contributed by atoms with van der Waals surface area (Å²) in [5, 5.41) is 0. The predicted molar refractivity (Wildman–Crippen MR) is 59.4 cm³/mol. The zero-order valence-corrected chi connectivity index (χ0v) is 10.4. The van der Waals surface area contributed by atoms with E-state index in [2.05, 4.69) is 6.58 Å². The molecule has 0 aromatic carbocycles. The van der Waals surface area contributed by atoms with E-state index < -0.39 is 16.4 Å². The normalized spacial score (nSPS) is 36.3. The van der Waals surface area contributed by atoms with E-state index in [0.29, 0.717) is 12.0 Å². The molecule has 4 nitrogen and oxygen atoms in total. The lowest BCUT2D eigenvalue weighted by Gasteiger charge is -2.34. The monoisotopic (exact) mass is 244 g/mol. The van der Waals surface area contributed by atoms with Gasteiger partial charge in [0.05, 0.1) is 12.0 Å².